The Hall–Kier alpha value is -1.36. The predicted molar refractivity (Wildman–Crippen MR) is 76.3 cm³/mol. The zero-order valence-corrected chi connectivity index (χ0v) is 12.3. The average molecular weight is 280 g/mol. The minimum absolute atomic E-state index is 0.0392. The molecule has 1 aliphatic rings. The molecular weight excluding hydrogens is 260 g/mol. The summed E-state index contributed by atoms with van der Waals surface area (Å²) in [6.07, 6.45) is 1.79. The molecule has 19 heavy (non-hydrogen) atoms. The van der Waals surface area contributed by atoms with Crippen molar-refractivity contribution in [2.24, 2.45) is 5.92 Å². The van der Waals surface area contributed by atoms with Gasteiger partial charge in [0.25, 0.3) is 5.91 Å². The van der Waals surface area contributed by atoms with Gasteiger partial charge in [-0.1, -0.05) is 6.07 Å². The third-order valence-electron chi connectivity index (χ3n) is 3.64. The molecule has 0 bridgehead atoms. The topological polar surface area (TPSA) is 40.6 Å². The lowest BCUT2D eigenvalue weighted by Gasteiger charge is -2.33. The Kier molecular flexibility index (Phi) is 4.58. The molecule has 0 aliphatic carbocycles. The van der Waals surface area contributed by atoms with Crippen LogP contribution in [-0.4, -0.2) is 48.3 Å². The highest BCUT2D eigenvalue weighted by atomic mass is 32.1. The fourth-order valence-electron chi connectivity index (χ4n) is 2.39. The molecular formula is C14H20N2O2S. The van der Waals surface area contributed by atoms with Gasteiger partial charge in [-0.15, -0.1) is 11.3 Å². The van der Waals surface area contributed by atoms with Crippen molar-refractivity contribution in [3.8, 4) is 0 Å². The molecule has 5 heteroatoms. The summed E-state index contributed by atoms with van der Waals surface area (Å²) in [5.74, 6) is 0.181. The maximum absolute atomic E-state index is 12.3. The van der Waals surface area contributed by atoms with Gasteiger partial charge >= 0.3 is 0 Å². The zero-order valence-electron chi connectivity index (χ0n) is 11.5. The third kappa shape index (κ3) is 3.15. The van der Waals surface area contributed by atoms with E-state index in [1.54, 1.807) is 4.90 Å². The van der Waals surface area contributed by atoms with E-state index in [9.17, 15) is 9.59 Å². The SMILES string of the molecule is CCN(C)C(=O)C1CCCN(C(=O)c2cccs2)C1. The number of hydrogen-bond acceptors (Lipinski definition) is 3. The molecule has 1 fully saturated rings. The van der Waals surface area contributed by atoms with Crippen LogP contribution in [0.3, 0.4) is 0 Å². The van der Waals surface area contributed by atoms with Gasteiger partial charge in [0.1, 0.15) is 0 Å². The van der Waals surface area contributed by atoms with Crippen molar-refractivity contribution in [3.05, 3.63) is 22.4 Å². The number of carbonyl (C=O) groups is 2. The monoisotopic (exact) mass is 280 g/mol. The Morgan fingerprint density at radius 2 is 2.32 bits per heavy atom. The molecule has 1 saturated heterocycles. The number of hydrogen-bond donors (Lipinski definition) is 0. The number of amides is 2. The summed E-state index contributed by atoms with van der Waals surface area (Å²) in [4.78, 5) is 28.8. The fourth-order valence-corrected chi connectivity index (χ4v) is 3.08. The number of rotatable bonds is 3. The number of thiophene rings is 1. The van der Waals surface area contributed by atoms with Crippen molar-refractivity contribution in [2.75, 3.05) is 26.7 Å². The molecule has 0 aromatic carbocycles. The van der Waals surface area contributed by atoms with Crippen molar-refractivity contribution in [1.82, 2.24) is 9.80 Å². The van der Waals surface area contributed by atoms with Crippen LogP contribution in [0.2, 0.25) is 0 Å². The second kappa shape index (κ2) is 6.19. The summed E-state index contributed by atoms with van der Waals surface area (Å²) >= 11 is 1.46. The number of likely N-dealkylation sites (tertiary alicyclic amines) is 1. The summed E-state index contributed by atoms with van der Waals surface area (Å²) in [7, 11) is 1.82. The van der Waals surface area contributed by atoms with Crippen LogP contribution < -0.4 is 0 Å². The molecule has 0 radical (unpaired) electrons. The quantitative estimate of drug-likeness (QED) is 0.850. The van der Waals surface area contributed by atoms with E-state index in [0.29, 0.717) is 13.1 Å². The smallest absolute Gasteiger partial charge is 0.263 e. The molecule has 1 aromatic rings. The lowest BCUT2D eigenvalue weighted by molar-refractivity contribution is -0.135. The zero-order chi connectivity index (χ0) is 13.8. The van der Waals surface area contributed by atoms with Crippen LogP contribution in [0.25, 0.3) is 0 Å². The first-order valence-electron chi connectivity index (χ1n) is 6.71. The first-order chi connectivity index (χ1) is 9.13. The molecule has 2 amide bonds. The van der Waals surface area contributed by atoms with Gasteiger partial charge in [0.2, 0.25) is 5.91 Å². The molecule has 2 heterocycles. The highest BCUT2D eigenvalue weighted by molar-refractivity contribution is 7.12. The molecule has 104 valence electrons. The summed E-state index contributed by atoms with van der Waals surface area (Å²) in [6, 6.07) is 3.73. The van der Waals surface area contributed by atoms with Crippen LogP contribution in [0.5, 0.6) is 0 Å². The molecule has 1 unspecified atom stereocenters. The molecule has 1 aromatic heterocycles. The number of piperidine rings is 1. The number of nitrogens with zero attached hydrogens (tertiary/aromatic N) is 2. The predicted octanol–water partition coefficient (Wildman–Crippen LogP) is 2.08. The molecule has 1 atom stereocenters. The van der Waals surface area contributed by atoms with Crippen LogP contribution in [-0.2, 0) is 4.79 Å². The van der Waals surface area contributed by atoms with Crippen molar-refractivity contribution in [3.63, 3.8) is 0 Å². The Bertz CT molecular complexity index is 444. The lowest BCUT2D eigenvalue weighted by Crippen LogP contribution is -2.45. The summed E-state index contributed by atoms with van der Waals surface area (Å²) < 4.78 is 0. The minimum atomic E-state index is -0.0392. The normalized spacial score (nSPS) is 19.3. The van der Waals surface area contributed by atoms with E-state index < -0.39 is 0 Å². The van der Waals surface area contributed by atoms with Crippen LogP contribution >= 0.6 is 11.3 Å². The van der Waals surface area contributed by atoms with Crippen LogP contribution in [0.4, 0.5) is 0 Å². The van der Waals surface area contributed by atoms with Crippen LogP contribution in [0.1, 0.15) is 29.4 Å². The lowest BCUT2D eigenvalue weighted by atomic mass is 9.96. The largest absolute Gasteiger partial charge is 0.346 e. The van der Waals surface area contributed by atoms with Gasteiger partial charge < -0.3 is 9.80 Å². The van der Waals surface area contributed by atoms with Gasteiger partial charge in [-0.2, -0.15) is 0 Å². The second-order valence-corrected chi connectivity index (χ2v) is 5.87. The Morgan fingerprint density at radius 1 is 1.53 bits per heavy atom. The van der Waals surface area contributed by atoms with Gasteiger partial charge in [0.15, 0.2) is 0 Å². The first-order valence-corrected chi connectivity index (χ1v) is 7.59. The Labute approximate surface area is 118 Å². The van der Waals surface area contributed by atoms with Crippen LogP contribution in [0.15, 0.2) is 17.5 Å². The van der Waals surface area contributed by atoms with Crippen molar-refractivity contribution >= 4 is 23.2 Å². The molecule has 0 spiro atoms. The first kappa shape index (κ1) is 14.1. The summed E-state index contributed by atoms with van der Waals surface area (Å²) in [6.45, 7) is 4.00. The van der Waals surface area contributed by atoms with E-state index in [-0.39, 0.29) is 17.7 Å². The van der Waals surface area contributed by atoms with E-state index in [4.69, 9.17) is 0 Å². The van der Waals surface area contributed by atoms with E-state index in [0.717, 1.165) is 24.3 Å². The van der Waals surface area contributed by atoms with E-state index in [1.165, 1.54) is 11.3 Å². The van der Waals surface area contributed by atoms with Gasteiger partial charge in [-0.25, -0.2) is 0 Å². The molecule has 2 rings (SSSR count). The molecule has 0 saturated carbocycles. The van der Waals surface area contributed by atoms with Crippen molar-refractivity contribution in [2.45, 2.75) is 19.8 Å². The Balaban J connectivity index is 2.01. The van der Waals surface area contributed by atoms with Crippen molar-refractivity contribution < 1.29 is 9.59 Å². The van der Waals surface area contributed by atoms with E-state index in [1.807, 2.05) is 36.4 Å². The van der Waals surface area contributed by atoms with Gasteiger partial charge in [-0.05, 0) is 31.2 Å². The van der Waals surface area contributed by atoms with Gasteiger partial charge in [0.05, 0.1) is 10.8 Å². The third-order valence-corrected chi connectivity index (χ3v) is 4.50. The maximum atomic E-state index is 12.3. The molecule has 1 aliphatic heterocycles. The summed E-state index contributed by atoms with van der Waals surface area (Å²) in [5.41, 5.74) is 0. The number of carbonyl (C=O) groups excluding carboxylic acids is 2. The Morgan fingerprint density at radius 3 is 2.95 bits per heavy atom. The molecule has 0 N–H and O–H groups in total. The standard InChI is InChI=1S/C14H20N2O2S/c1-3-15(2)13(17)11-6-4-8-16(10-11)14(18)12-7-5-9-19-12/h5,7,9,11H,3-4,6,8,10H2,1-2H3. The minimum Gasteiger partial charge on any atom is -0.346 e. The summed E-state index contributed by atoms with van der Waals surface area (Å²) in [5, 5.41) is 1.91. The van der Waals surface area contributed by atoms with E-state index in [2.05, 4.69) is 0 Å². The van der Waals surface area contributed by atoms with E-state index >= 15 is 0 Å². The van der Waals surface area contributed by atoms with Crippen LogP contribution in [0, 0.1) is 5.92 Å². The average Bonchev–Trinajstić information content (AvgIpc) is 2.99. The van der Waals surface area contributed by atoms with Gasteiger partial charge in [0, 0.05) is 26.7 Å². The highest BCUT2D eigenvalue weighted by Crippen LogP contribution is 2.21. The fraction of sp³-hybridized carbons (Fsp3) is 0.571. The highest BCUT2D eigenvalue weighted by Gasteiger charge is 2.30. The second-order valence-electron chi connectivity index (χ2n) is 4.92. The maximum Gasteiger partial charge on any atom is 0.263 e. The van der Waals surface area contributed by atoms with Gasteiger partial charge in [-0.3, -0.25) is 9.59 Å². The molecule has 4 nitrogen and oxygen atoms in total. The van der Waals surface area contributed by atoms with Crippen molar-refractivity contribution in [1.29, 1.82) is 0 Å².